The molecule has 0 radical (unpaired) electrons. The molecule has 0 aliphatic carbocycles. The maximum absolute atomic E-state index is 12.8. The van der Waals surface area contributed by atoms with Crippen molar-refractivity contribution in [2.75, 3.05) is 13.2 Å². The lowest BCUT2D eigenvalue weighted by Gasteiger charge is -2.18. The molecule has 0 fully saturated rings. The molecule has 0 amide bonds. The van der Waals surface area contributed by atoms with E-state index in [1.165, 1.54) is 70.6 Å². The molecule has 6 nitrogen and oxygen atoms in total. The maximum atomic E-state index is 12.8. The van der Waals surface area contributed by atoms with E-state index >= 15 is 0 Å². The third kappa shape index (κ3) is 65.7. The Morgan fingerprint density at radius 2 is 0.481 bits per heavy atom. The fourth-order valence-electron chi connectivity index (χ4n) is 8.66. The van der Waals surface area contributed by atoms with Gasteiger partial charge in [-0.25, -0.2) is 0 Å². The summed E-state index contributed by atoms with van der Waals surface area (Å²) in [7, 11) is 0. The number of hydrogen-bond donors (Lipinski definition) is 0. The quantitative estimate of drug-likeness (QED) is 0.0261. The van der Waals surface area contributed by atoms with Gasteiger partial charge in [-0.2, -0.15) is 0 Å². The van der Waals surface area contributed by atoms with E-state index in [0.29, 0.717) is 19.3 Å². The molecule has 0 aliphatic rings. The zero-order valence-electron chi connectivity index (χ0n) is 52.2. The zero-order chi connectivity index (χ0) is 58.5. The van der Waals surface area contributed by atoms with Gasteiger partial charge in [0.25, 0.3) is 0 Å². The Morgan fingerprint density at radius 3 is 0.753 bits per heavy atom. The van der Waals surface area contributed by atoms with Crippen LogP contribution in [-0.2, 0) is 28.6 Å². The molecule has 0 spiro atoms. The number of hydrogen-bond acceptors (Lipinski definition) is 6. The number of carbonyl (C=O) groups excluding carboxylic acids is 3. The van der Waals surface area contributed by atoms with Crippen LogP contribution < -0.4 is 0 Å². The normalized spacial score (nSPS) is 13.2. The smallest absolute Gasteiger partial charge is 0.306 e. The summed E-state index contributed by atoms with van der Waals surface area (Å²) in [4.78, 5) is 38.0. The number of rotatable bonds is 58. The van der Waals surface area contributed by atoms with Gasteiger partial charge >= 0.3 is 17.9 Å². The largest absolute Gasteiger partial charge is 0.462 e. The summed E-state index contributed by atoms with van der Waals surface area (Å²) < 4.78 is 16.8. The van der Waals surface area contributed by atoms with Gasteiger partial charge in [-0.15, -0.1) is 0 Å². The Balaban J connectivity index is 4.11. The molecule has 1 atom stereocenters. The van der Waals surface area contributed by atoms with Crippen molar-refractivity contribution in [2.24, 2.45) is 0 Å². The number of allylic oxidation sites excluding steroid dienone is 26. The highest BCUT2D eigenvalue weighted by molar-refractivity contribution is 5.71. The van der Waals surface area contributed by atoms with Gasteiger partial charge in [0.1, 0.15) is 13.2 Å². The Hall–Kier alpha value is -4.97. The Kier molecular flexibility index (Phi) is 63.4. The summed E-state index contributed by atoms with van der Waals surface area (Å²) in [6, 6.07) is 0. The zero-order valence-corrected chi connectivity index (χ0v) is 52.2. The van der Waals surface area contributed by atoms with Gasteiger partial charge in [0.15, 0.2) is 6.10 Å². The van der Waals surface area contributed by atoms with Crippen molar-refractivity contribution in [1.29, 1.82) is 0 Å². The molecule has 0 bridgehead atoms. The fraction of sp³-hybridized carbons (Fsp3) is 0.613. The molecule has 6 heteroatoms. The van der Waals surface area contributed by atoms with Gasteiger partial charge in [0, 0.05) is 19.3 Å². The van der Waals surface area contributed by atoms with E-state index in [2.05, 4.69) is 179 Å². The van der Waals surface area contributed by atoms with E-state index in [1.54, 1.807) is 0 Å². The first-order valence-electron chi connectivity index (χ1n) is 33.0. The standard InChI is InChI=1S/C75H120O6/c1-4-7-10-13-15-17-19-21-23-25-27-29-31-33-35-36-37-38-40-41-43-45-47-49-51-53-55-57-59-62-65-68-74(77)80-71-72(70-79-73(76)67-64-61-12-9-6-3)81-75(78)69-66-63-60-58-56-54-52-50-48-46-44-42-39-34-32-30-28-26-24-22-20-18-16-14-11-8-5-2/h7-8,10-11,15-18,21-24,27-30,33-35,37-39,41,43-44,46,72H,4-6,9,12-14,19-20,25-26,31-32,36,40,42,45,47-71H2,1-3H3/b10-7-,11-8-,17-15-,18-16-,23-21-,24-22-,29-27-,30-28-,35-33-,38-37-,39-34-,43-41-,46-44-. The SMILES string of the molecule is CC/C=C\C/C=C\C/C=C\C/C=C\C/C=C\C/C=C\C/C=C\CCCCCCCCCCCC(=O)OCC(COC(=O)CCCCCCC)OC(=O)CCCCCCCCCC/C=C\C/C=C\C/C=C\C/C=C\C/C=C\C/C=C\CC. The molecule has 81 heavy (non-hydrogen) atoms. The maximum Gasteiger partial charge on any atom is 0.306 e. The van der Waals surface area contributed by atoms with Gasteiger partial charge in [-0.05, 0) is 128 Å². The summed E-state index contributed by atoms with van der Waals surface area (Å²) in [5.74, 6) is -0.919. The molecule has 1 unspecified atom stereocenters. The molecule has 0 rings (SSSR count). The topological polar surface area (TPSA) is 78.9 Å². The molecular weight excluding hydrogens is 997 g/mol. The second kappa shape index (κ2) is 67.5. The number of ether oxygens (including phenoxy) is 3. The van der Waals surface area contributed by atoms with Crippen LogP contribution in [-0.4, -0.2) is 37.2 Å². The van der Waals surface area contributed by atoms with Crippen LogP contribution >= 0.6 is 0 Å². The van der Waals surface area contributed by atoms with Crippen LogP contribution in [0.4, 0.5) is 0 Å². The molecule has 0 N–H and O–H groups in total. The van der Waals surface area contributed by atoms with Crippen LogP contribution in [0, 0.1) is 0 Å². The molecule has 0 aliphatic heterocycles. The van der Waals surface area contributed by atoms with Crippen LogP contribution in [0.3, 0.4) is 0 Å². The monoisotopic (exact) mass is 1120 g/mol. The summed E-state index contributed by atoms with van der Waals surface area (Å²) in [5.41, 5.74) is 0. The minimum Gasteiger partial charge on any atom is -0.462 e. The van der Waals surface area contributed by atoms with Gasteiger partial charge in [0.05, 0.1) is 0 Å². The molecule has 0 aromatic carbocycles. The van der Waals surface area contributed by atoms with Crippen LogP contribution in [0.15, 0.2) is 158 Å². The van der Waals surface area contributed by atoms with Crippen molar-refractivity contribution in [3.63, 3.8) is 0 Å². The van der Waals surface area contributed by atoms with Crippen LogP contribution in [0.2, 0.25) is 0 Å². The van der Waals surface area contributed by atoms with Crippen molar-refractivity contribution in [1.82, 2.24) is 0 Å². The first kappa shape index (κ1) is 76.0. The first-order chi connectivity index (χ1) is 40.0. The lowest BCUT2D eigenvalue weighted by molar-refractivity contribution is -0.167. The second-order valence-corrected chi connectivity index (χ2v) is 21.3. The second-order valence-electron chi connectivity index (χ2n) is 21.3. The average molecular weight is 1120 g/mol. The molecule has 0 heterocycles. The number of unbranched alkanes of at least 4 members (excludes halogenated alkanes) is 21. The van der Waals surface area contributed by atoms with Crippen LogP contribution in [0.1, 0.15) is 278 Å². The highest BCUT2D eigenvalue weighted by Gasteiger charge is 2.19. The summed E-state index contributed by atoms with van der Waals surface area (Å²) in [6.07, 6.45) is 98.7. The van der Waals surface area contributed by atoms with Crippen molar-refractivity contribution in [2.45, 2.75) is 284 Å². The third-order valence-corrected chi connectivity index (χ3v) is 13.5. The van der Waals surface area contributed by atoms with Gasteiger partial charge in [-0.3, -0.25) is 14.4 Å². The van der Waals surface area contributed by atoms with Crippen molar-refractivity contribution in [3.8, 4) is 0 Å². The van der Waals surface area contributed by atoms with Crippen LogP contribution in [0.25, 0.3) is 0 Å². The highest BCUT2D eigenvalue weighted by Crippen LogP contribution is 2.15. The molecule has 0 saturated heterocycles. The molecule has 0 aromatic heterocycles. The minimum atomic E-state index is -0.789. The van der Waals surface area contributed by atoms with E-state index in [9.17, 15) is 14.4 Å². The minimum absolute atomic E-state index is 0.0886. The highest BCUT2D eigenvalue weighted by atomic mass is 16.6. The number of carbonyl (C=O) groups is 3. The van der Waals surface area contributed by atoms with Crippen molar-refractivity contribution >= 4 is 17.9 Å². The average Bonchev–Trinajstić information content (AvgIpc) is 3.47. The Morgan fingerprint density at radius 1 is 0.259 bits per heavy atom. The fourth-order valence-corrected chi connectivity index (χ4v) is 8.66. The van der Waals surface area contributed by atoms with E-state index < -0.39 is 6.10 Å². The molecule has 456 valence electrons. The van der Waals surface area contributed by atoms with E-state index in [1.807, 2.05) is 0 Å². The first-order valence-corrected chi connectivity index (χ1v) is 33.0. The summed E-state index contributed by atoms with van der Waals surface area (Å²) >= 11 is 0. The van der Waals surface area contributed by atoms with E-state index in [-0.39, 0.29) is 31.1 Å². The summed E-state index contributed by atoms with van der Waals surface area (Å²) in [5, 5.41) is 0. The van der Waals surface area contributed by atoms with Gasteiger partial charge in [0.2, 0.25) is 0 Å². The van der Waals surface area contributed by atoms with E-state index in [4.69, 9.17) is 14.2 Å². The van der Waals surface area contributed by atoms with Crippen molar-refractivity contribution < 1.29 is 28.6 Å². The number of esters is 3. The third-order valence-electron chi connectivity index (χ3n) is 13.5. The Labute approximate surface area is 499 Å². The van der Waals surface area contributed by atoms with Crippen LogP contribution in [0.5, 0.6) is 0 Å². The molecule has 0 aromatic rings. The lowest BCUT2D eigenvalue weighted by Crippen LogP contribution is -2.30. The van der Waals surface area contributed by atoms with Gasteiger partial charge < -0.3 is 14.2 Å². The van der Waals surface area contributed by atoms with Gasteiger partial charge in [-0.1, -0.05) is 288 Å². The summed E-state index contributed by atoms with van der Waals surface area (Å²) in [6.45, 7) is 6.31. The predicted molar refractivity (Wildman–Crippen MR) is 352 cm³/mol. The molecule has 0 saturated carbocycles. The van der Waals surface area contributed by atoms with E-state index in [0.717, 1.165) is 167 Å². The lowest BCUT2D eigenvalue weighted by atomic mass is 10.1. The Bertz CT molecular complexity index is 1810. The molecular formula is C75H120O6. The predicted octanol–water partition coefficient (Wildman–Crippen LogP) is 22.9. The van der Waals surface area contributed by atoms with Crippen molar-refractivity contribution in [3.05, 3.63) is 158 Å².